The second kappa shape index (κ2) is 18.1. The smallest absolute Gasteiger partial charge is 0.249 e. The monoisotopic (exact) mass is 710 g/mol. The van der Waals surface area contributed by atoms with Crippen LogP contribution >= 0.6 is 0 Å². The summed E-state index contributed by atoms with van der Waals surface area (Å²) in [5, 5.41) is 11.2. The van der Waals surface area contributed by atoms with Gasteiger partial charge in [-0.25, -0.2) is 15.4 Å². The minimum Gasteiger partial charge on any atom is -0.383 e. The van der Waals surface area contributed by atoms with Gasteiger partial charge in [-0.1, -0.05) is 6.08 Å². The lowest BCUT2D eigenvalue weighted by molar-refractivity contribution is -0.128. The van der Waals surface area contributed by atoms with Crippen LogP contribution in [0.2, 0.25) is 0 Å². The average molecular weight is 711 g/mol. The van der Waals surface area contributed by atoms with Crippen molar-refractivity contribution in [3.63, 3.8) is 0 Å². The second-order valence-electron chi connectivity index (χ2n) is 13.8. The van der Waals surface area contributed by atoms with Crippen LogP contribution in [0.1, 0.15) is 55.5 Å². The third-order valence-corrected chi connectivity index (χ3v) is 9.46. The van der Waals surface area contributed by atoms with Crippen molar-refractivity contribution in [1.82, 2.24) is 25.6 Å². The van der Waals surface area contributed by atoms with Crippen molar-refractivity contribution in [2.75, 3.05) is 73.8 Å². The van der Waals surface area contributed by atoms with Gasteiger partial charge in [0.05, 0.1) is 11.4 Å². The third-order valence-electron chi connectivity index (χ3n) is 9.46. The van der Waals surface area contributed by atoms with Gasteiger partial charge in [-0.05, 0) is 94.6 Å². The van der Waals surface area contributed by atoms with Gasteiger partial charge in [0.15, 0.2) is 0 Å². The van der Waals surface area contributed by atoms with E-state index in [4.69, 9.17) is 15.5 Å². The number of amides is 2. The Hall–Kier alpha value is -4.85. The summed E-state index contributed by atoms with van der Waals surface area (Å²) in [6, 6.07) is 10.2. The summed E-state index contributed by atoms with van der Waals surface area (Å²) in [4.78, 5) is 43.0. The van der Waals surface area contributed by atoms with Gasteiger partial charge in [0.25, 0.3) is 0 Å². The lowest BCUT2D eigenvalue weighted by Gasteiger charge is -2.36. The highest BCUT2D eigenvalue weighted by Gasteiger charge is 2.31. The van der Waals surface area contributed by atoms with E-state index in [-0.39, 0.29) is 18.4 Å². The Morgan fingerprint density at radius 2 is 1.83 bits per heavy atom. The number of nitrogens with two attached hydrogens (primary N) is 1. The molecule has 0 aliphatic carbocycles. The van der Waals surface area contributed by atoms with E-state index in [9.17, 15) is 9.59 Å². The third kappa shape index (κ3) is 9.93. The van der Waals surface area contributed by atoms with Crippen LogP contribution in [-0.4, -0.2) is 91.4 Å². The molecule has 0 spiro atoms. The molecule has 0 bridgehead atoms. The van der Waals surface area contributed by atoms with Crippen LogP contribution in [0.25, 0.3) is 11.1 Å². The topological polar surface area (TPSA) is 153 Å². The number of hydrogen-bond donors (Lipinski definition) is 4. The first-order valence-electron chi connectivity index (χ1n) is 18.1. The molecule has 0 atom stereocenters. The highest BCUT2D eigenvalue weighted by molar-refractivity contribution is 6.07. The predicted octanol–water partition coefficient (Wildman–Crippen LogP) is 4.40. The van der Waals surface area contributed by atoms with Crippen LogP contribution in [0.5, 0.6) is 0 Å². The molecule has 13 heteroatoms. The van der Waals surface area contributed by atoms with E-state index in [0.29, 0.717) is 62.9 Å². The molecule has 5 rings (SSSR count). The van der Waals surface area contributed by atoms with Crippen molar-refractivity contribution in [3.05, 3.63) is 71.6 Å². The lowest BCUT2D eigenvalue weighted by Crippen LogP contribution is -2.45. The molecule has 52 heavy (non-hydrogen) atoms. The Morgan fingerprint density at radius 1 is 1.08 bits per heavy atom. The molecular weight excluding hydrogens is 656 g/mol. The molecular formula is C39H54N10O3. The Kier molecular flexibility index (Phi) is 13.3. The highest BCUT2D eigenvalue weighted by atomic mass is 16.5. The fraction of sp³-hybridized carbons (Fsp3) is 0.462. The number of nitrogens with one attached hydrogen (secondary N) is 3. The number of carbonyl (C=O) groups excluding carboxylic acids is 2. The first-order chi connectivity index (χ1) is 25.0. The molecule has 1 aromatic carbocycles. The fourth-order valence-electron chi connectivity index (χ4n) is 6.70. The maximum Gasteiger partial charge on any atom is 0.249 e. The van der Waals surface area contributed by atoms with Crippen LogP contribution in [0.4, 0.5) is 23.0 Å². The molecule has 0 saturated carbocycles. The minimum atomic E-state index is -0.467. The van der Waals surface area contributed by atoms with Crippen LogP contribution in [0.3, 0.4) is 0 Å². The van der Waals surface area contributed by atoms with Gasteiger partial charge in [-0.3, -0.25) is 9.59 Å². The number of hydrogen-bond acceptors (Lipinski definition) is 11. The van der Waals surface area contributed by atoms with Gasteiger partial charge in [0, 0.05) is 93.8 Å². The van der Waals surface area contributed by atoms with Crippen LogP contribution in [-0.2, 0) is 27.4 Å². The Bertz CT molecular complexity index is 1720. The molecule has 2 saturated heterocycles. The molecule has 2 amide bonds. The van der Waals surface area contributed by atoms with Crippen LogP contribution < -0.4 is 31.6 Å². The van der Waals surface area contributed by atoms with Crippen LogP contribution in [0.15, 0.2) is 54.3 Å². The number of piperazine rings is 1. The quantitative estimate of drug-likeness (QED) is 0.0820. The summed E-state index contributed by atoms with van der Waals surface area (Å²) in [6.07, 6.45) is 4.61. The molecule has 0 radical (unpaired) electrons. The van der Waals surface area contributed by atoms with Gasteiger partial charge in [-0.15, -0.1) is 6.58 Å². The van der Waals surface area contributed by atoms with Crippen molar-refractivity contribution in [1.29, 1.82) is 0 Å². The second-order valence-corrected chi connectivity index (χ2v) is 13.8. The van der Waals surface area contributed by atoms with Gasteiger partial charge in [0.1, 0.15) is 18.1 Å². The zero-order chi connectivity index (χ0) is 37.2. The standard InChI is InChI=1S/C39H54N10O3/c1-7-12-42-38-31(23-41-25-33-27(4)19-28(5)44-39(33)40)20-30(29-8-9-35(43-24-29)48-15-13-47(6)14-16-48)21-34(38)49(32-10-17-52-18-11-32)37(51)22-36(50)46-45-26(2)3/h7-9,19-21,24,32,41-42H,1,10-18,22-23,25H2,2-6H3,(H2,40,44)(H,46,50). The Morgan fingerprint density at radius 3 is 2.48 bits per heavy atom. The van der Waals surface area contributed by atoms with Crippen molar-refractivity contribution in [2.24, 2.45) is 5.10 Å². The summed E-state index contributed by atoms with van der Waals surface area (Å²) in [5.74, 6) is 0.667. The molecule has 278 valence electrons. The predicted molar refractivity (Wildman–Crippen MR) is 210 cm³/mol. The number of ether oxygens (including phenoxy) is 1. The SMILES string of the molecule is C=CCNc1c(CNCc2c(C)cc(C)nc2N)cc(-c2ccc(N3CCN(C)CC3)nc2)cc1N(C(=O)CC(=O)NN=C(C)C)C1CCOCC1. The first-order valence-corrected chi connectivity index (χ1v) is 18.1. The summed E-state index contributed by atoms with van der Waals surface area (Å²) in [5.41, 5.74) is 16.7. The number of aromatic nitrogens is 2. The summed E-state index contributed by atoms with van der Waals surface area (Å²) in [6.45, 7) is 17.8. The number of anilines is 4. The summed E-state index contributed by atoms with van der Waals surface area (Å²) < 4.78 is 5.71. The molecule has 2 aliphatic rings. The van der Waals surface area contributed by atoms with E-state index in [2.05, 4.69) is 67.8 Å². The van der Waals surface area contributed by atoms with Gasteiger partial charge >= 0.3 is 0 Å². The van der Waals surface area contributed by atoms with Gasteiger partial charge in [0.2, 0.25) is 11.8 Å². The Labute approximate surface area is 307 Å². The number of carbonyl (C=O) groups is 2. The lowest BCUT2D eigenvalue weighted by atomic mass is 9.97. The number of nitrogens with zero attached hydrogens (tertiary/aromatic N) is 6. The van der Waals surface area contributed by atoms with E-state index < -0.39 is 5.91 Å². The highest BCUT2D eigenvalue weighted by Crippen LogP contribution is 2.39. The van der Waals surface area contributed by atoms with E-state index in [0.717, 1.165) is 71.2 Å². The zero-order valence-corrected chi connectivity index (χ0v) is 31.3. The molecule has 4 heterocycles. The first kappa shape index (κ1) is 38.4. The van der Waals surface area contributed by atoms with Gasteiger partial charge < -0.3 is 35.8 Å². The maximum absolute atomic E-state index is 14.3. The summed E-state index contributed by atoms with van der Waals surface area (Å²) in [7, 11) is 2.14. The number of nitrogen functional groups attached to an aromatic ring is 1. The number of pyridine rings is 2. The molecule has 2 aliphatic heterocycles. The van der Waals surface area contributed by atoms with E-state index >= 15 is 0 Å². The van der Waals surface area contributed by atoms with E-state index in [1.54, 1.807) is 24.8 Å². The number of aryl methyl sites for hydroxylation is 2. The van der Waals surface area contributed by atoms with Crippen molar-refractivity contribution >= 4 is 40.5 Å². The zero-order valence-electron chi connectivity index (χ0n) is 31.3. The Balaban J connectivity index is 1.58. The molecule has 5 N–H and O–H groups in total. The maximum atomic E-state index is 14.3. The van der Waals surface area contributed by atoms with Crippen molar-refractivity contribution < 1.29 is 14.3 Å². The van der Waals surface area contributed by atoms with Crippen molar-refractivity contribution in [3.8, 4) is 11.1 Å². The van der Waals surface area contributed by atoms with Crippen molar-refractivity contribution in [2.45, 2.75) is 66.1 Å². The largest absolute Gasteiger partial charge is 0.383 e. The number of rotatable bonds is 14. The summed E-state index contributed by atoms with van der Waals surface area (Å²) >= 11 is 0. The normalized spacial score (nSPS) is 15.2. The average Bonchev–Trinajstić information content (AvgIpc) is 3.12. The molecule has 2 aromatic heterocycles. The molecule has 2 fully saturated rings. The van der Waals surface area contributed by atoms with E-state index in [1.165, 1.54) is 0 Å². The van der Waals surface area contributed by atoms with E-state index in [1.807, 2.05) is 32.2 Å². The number of likely N-dealkylation sites (N-methyl/N-ethyl adjacent to an activating group) is 1. The molecule has 13 nitrogen and oxygen atoms in total. The minimum absolute atomic E-state index is 0.176. The molecule has 0 unspecified atom stereocenters. The number of benzene rings is 1. The molecule has 3 aromatic rings. The van der Waals surface area contributed by atoms with Crippen LogP contribution in [0, 0.1) is 13.8 Å². The number of hydrazone groups is 1. The van der Waals surface area contributed by atoms with Gasteiger partial charge in [-0.2, -0.15) is 5.10 Å². The fourth-order valence-corrected chi connectivity index (χ4v) is 6.70.